The van der Waals surface area contributed by atoms with Gasteiger partial charge < -0.3 is 20.2 Å². The van der Waals surface area contributed by atoms with Crippen molar-refractivity contribution in [2.45, 2.75) is 49.7 Å². The second-order valence-electron chi connectivity index (χ2n) is 10.7. The van der Waals surface area contributed by atoms with Crippen LogP contribution in [-0.4, -0.2) is 43.2 Å². The Morgan fingerprint density at radius 1 is 1.15 bits per heavy atom. The van der Waals surface area contributed by atoms with Crippen molar-refractivity contribution in [3.8, 4) is 0 Å². The summed E-state index contributed by atoms with van der Waals surface area (Å²) in [5.74, 6) is 2.55. The molecular formula is C25H26FN7O. The lowest BCUT2D eigenvalue weighted by molar-refractivity contribution is -0.133. The van der Waals surface area contributed by atoms with Crippen LogP contribution in [0.5, 0.6) is 0 Å². The number of nitrogens with one attached hydrogen (secondary N) is 1. The molecular weight excluding hydrogens is 433 g/mol. The number of halogens is 1. The molecule has 0 spiro atoms. The van der Waals surface area contributed by atoms with Crippen LogP contribution in [0.15, 0.2) is 43.3 Å². The third-order valence-electron chi connectivity index (χ3n) is 8.28. The molecule has 4 fully saturated rings. The van der Waals surface area contributed by atoms with Crippen molar-refractivity contribution < 1.29 is 9.50 Å². The molecule has 4 aliphatic carbocycles. The van der Waals surface area contributed by atoms with Crippen LogP contribution in [0.2, 0.25) is 0 Å². The van der Waals surface area contributed by atoms with E-state index in [1.54, 1.807) is 18.5 Å². The highest BCUT2D eigenvalue weighted by molar-refractivity contribution is 5.84. The standard InChI is InChI=1S/C25H26FN7O/c1-14-32(2)21-11-28-23(30-20-4-17-10-27-13-29-19(17)5-18(20)26)31-22(21)33(14)24-6-15-3-16(7-24)9-25(34,8-15)12-24/h4-5,10-11,13,15-16,34H,1,3,6-9,12H2,2H3,(H,28,30,31). The fourth-order valence-corrected chi connectivity index (χ4v) is 7.39. The van der Waals surface area contributed by atoms with E-state index in [4.69, 9.17) is 4.98 Å². The van der Waals surface area contributed by atoms with E-state index in [1.807, 2.05) is 11.9 Å². The zero-order valence-electron chi connectivity index (χ0n) is 19.0. The maximum atomic E-state index is 14.8. The molecule has 2 N–H and O–H groups in total. The van der Waals surface area contributed by atoms with E-state index in [0.717, 1.165) is 54.8 Å². The van der Waals surface area contributed by atoms with Gasteiger partial charge in [-0.2, -0.15) is 4.98 Å². The maximum Gasteiger partial charge on any atom is 0.229 e. The summed E-state index contributed by atoms with van der Waals surface area (Å²) in [6, 6.07) is 3.05. The van der Waals surface area contributed by atoms with E-state index < -0.39 is 11.4 Å². The van der Waals surface area contributed by atoms with Gasteiger partial charge >= 0.3 is 0 Å². The van der Waals surface area contributed by atoms with Gasteiger partial charge in [0, 0.05) is 24.7 Å². The van der Waals surface area contributed by atoms with E-state index in [9.17, 15) is 9.50 Å². The quantitative estimate of drug-likeness (QED) is 0.605. The molecule has 2 atom stereocenters. The van der Waals surface area contributed by atoms with Gasteiger partial charge in [0.05, 0.1) is 28.5 Å². The SMILES string of the molecule is C=C1N(C)c2cnc(Nc3cc4cncnc4cc3F)nc2N1C12CC3CC(CC(O)(C3)C1)C2. The van der Waals surface area contributed by atoms with Crippen LogP contribution in [-0.2, 0) is 0 Å². The van der Waals surface area contributed by atoms with Crippen molar-refractivity contribution >= 4 is 34.0 Å². The third kappa shape index (κ3) is 2.79. The van der Waals surface area contributed by atoms with Gasteiger partial charge in [-0.05, 0) is 56.4 Å². The molecule has 174 valence electrons. The maximum absolute atomic E-state index is 14.8. The molecule has 0 amide bonds. The smallest absolute Gasteiger partial charge is 0.229 e. The fraction of sp³-hybridized carbons (Fsp3) is 0.440. The van der Waals surface area contributed by atoms with Crippen molar-refractivity contribution in [3.63, 3.8) is 0 Å². The van der Waals surface area contributed by atoms with Gasteiger partial charge in [-0.1, -0.05) is 6.58 Å². The highest BCUT2D eigenvalue weighted by atomic mass is 19.1. The summed E-state index contributed by atoms with van der Waals surface area (Å²) >= 11 is 0. The fourth-order valence-electron chi connectivity index (χ4n) is 7.39. The lowest BCUT2D eigenvalue weighted by Crippen LogP contribution is -2.65. The Morgan fingerprint density at radius 3 is 2.71 bits per heavy atom. The topological polar surface area (TPSA) is 90.3 Å². The van der Waals surface area contributed by atoms with Crippen LogP contribution in [0, 0.1) is 17.7 Å². The minimum Gasteiger partial charge on any atom is -0.390 e. The third-order valence-corrected chi connectivity index (χ3v) is 8.28. The molecule has 4 bridgehead atoms. The molecule has 0 saturated heterocycles. The van der Waals surface area contributed by atoms with Crippen LogP contribution >= 0.6 is 0 Å². The van der Waals surface area contributed by atoms with Gasteiger partial charge in [0.1, 0.15) is 23.7 Å². The minimum absolute atomic E-state index is 0.202. The monoisotopic (exact) mass is 459 g/mol. The Kier molecular flexibility index (Phi) is 3.91. The van der Waals surface area contributed by atoms with Crippen molar-refractivity contribution in [2.24, 2.45) is 11.8 Å². The van der Waals surface area contributed by atoms with Crippen LogP contribution < -0.4 is 15.1 Å². The molecule has 5 aliphatic rings. The largest absolute Gasteiger partial charge is 0.390 e. The first-order valence-corrected chi connectivity index (χ1v) is 11.8. The number of rotatable bonds is 3. The molecule has 8 nitrogen and oxygen atoms in total. The number of nitrogens with zero attached hydrogens (tertiary/aromatic N) is 6. The molecule has 3 aromatic rings. The van der Waals surface area contributed by atoms with E-state index in [-0.39, 0.29) is 11.2 Å². The van der Waals surface area contributed by atoms with Gasteiger partial charge in [0.25, 0.3) is 0 Å². The van der Waals surface area contributed by atoms with Gasteiger partial charge in [0.15, 0.2) is 5.82 Å². The number of fused-ring (bicyclic) bond motifs is 2. The normalized spacial score (nSPS) is 31.4. The number of hydrogen-bond donors (Lipinski definition) is 2. The van der Waals surface area contributed by atoms with Crippen LogP contribution in [0.1, 0.15) is 38.5 Å². The lowest BCUT2D eigenvalue weighted by Gasteiger charge is -2.62. The van der Waals surface area contributed by atoms with E-state index in [1.165, 1.54) is 18.8 Å². The number of aromatic nitrogens is 4. The second-order valence-corrected chi connectivity index (χ2v) is 10.7. The zero-order valence-corrected chi connectivity index (χ0v) is 19.0. The Balaban J connectivity index is 1.28. The van der Waals surface area contributed by atoms with E-state index in [2.05, 4.69) is 31.7 Å². The molecule has 4 saturated carbocycles. The summed E-state index contributed by atoms with van der Waals surface area (Å²) in [7, 11) is 1.97. The first kappa shape index (κ1) is 20.1. The Bertz CT molecular complexity index is 1350. The summed E-state index contributed by atoms with van der Waals surface area (Å²) in [6.45, 7) is 4.38. The summed E-state index contributed by atoms with van der Waals surface area (Å²) in [4.78, 5) is 21.7. The number of aliphatic hydroxyl groups is 1. The Morgan fingerprint density at radius 2 is 1.94 bits per heavy atom. The van der Waals surface area contributed by atoms with E-state index >= 15 is 0 Å². The number of hydrogen-bond acceptors (Lipinski definition) is 8. The average molecular weight is 460 g/mol. The summed E-state index contributed by atoms with van der Waals surface area (Å²) in [5.41, 5.74) is 0.869. The molecule has 3 heterocycles. The number of benzene rings is 1. The average Bonchev–Trinajstić information content (AvgIpc) is 3.03. The van der Waals surface area contributed by atoms with Gasteiger partial charge in [0.2, 0.25) is 5.95 Å². The van der Waals surface area contributed by atoms with Crippen molar-refractivity contribution in [1.82, 2.24) is 19.9 Å². The summed E-state index contributed by atoms with van der Waals surface area (Å²) < 4.78 is 14.8. The summed E-state index contributed by atoms with van der Waals surface area (Å²) in [5, 5.41) is 15.1. The molecule has 34 heavy (non-hydrogen) atoms. The predicted octanol–water partition coefficient (Wildman–Crippen LogP) is 4.11. The minimum atomic E-state index is -0.601. The molecule has 9 heteroatoms. The van der Waals surface area contributed by atoms with Crippen molar-refractivity contribution in [3.05, 3.63) is 49.1 Å². The van der Waals surface area contributed by atoms with Gasteiger partial charge in [-0.3, -0.25) is 0 Å². The van der Waals surface area contributed by atoms with Crippen LogP contribution in [0.25, 0.3) is 10.9 Å². The first-order chi connectivity index (χ1) is 16.3. The number of anilines is 4. The Hall–Kier alpha value is -3.33. The zero-order chi connectivity index (χ0) is 23.2. The molecule has 8 rings (SSSR count). The highest BCUT2D eigenvalue weighted by Crippen LogP contribution is 2.62. The van der Waals surface area contributed by atoms with Crippen molar-refractivity contribution in [2.75, 3.05) is 22.2 Å². The van der Waals surface area contributed by atoms with Crippen LogP contribution in [0.3, 0.4) is 0 Å². The molecule has 1 aromatic carbocycles. The molecule has 2 unspecified atom stereocenters. The van der Waals surface area contributed by atoms with Gasteiger partial charge in [-0.25, -0.2) is 19.3 Å². The predicted molar refractivity (Wildman–Crippen MR) is 127 cm³/mol. The van der Waals surface area contributed by atoms with Crippen molar-refractivity contribution in [1.29, 1.82) is 0 Å². The lowest BCUT2D eigenvalue weighted by atomic mass is 9.50. The second kappa shape index (κ2) is 6.63. The molecule has 1 aliphatic heterocycles. The van der Waals surface area contributed by atoms with Crippen LogP contribution in [0.4, 0.5) is 27.5 Å². The van der Waals surface area contributed by atoms with Gasteiger partial charge in [-0.15, -0.1) is 0 Å². The molecule has 0 radical (unpaired) electrons. The van der Waals surface area contributed by atoms with E-state index in [0.29, 0.717) is 23.3 Å². The first-order valence-electron chi connectivity index (χ1n) is 11.8. The summed E-state index contributed by atoms with van der Waals surface area (Å²) in [6.07, 6.45) is 10.6. The molecule has 2 aromatic heterocycles. The highest BCUT2D eigenvalue weighted by Gasteiger charge is 2.61. The Labute approximate surface area is 196 Å².